The van der Waals surface area contributed by atoms with Crippen LogP contribution >= 0.6 is 0 Å². The molecule has 2 aliphatic heterocycles. The van der Waals surface area contributed by atoms with Crippen molar-refractivity contribution in [3.8, 4) is 0 Å². The van der Waals surface area contributed by atoms with Gasteiger partial charge in [-0.2, -0.15) is 0 Å². The van der Waals surface area contributed by atoms with Crippen LogP contribution in [0.5, 0.6) is 0 Å². The molecule has 3 rings (SSSR count). The molecule has 1 N–H and O–H groups in total. The lowest BCUT2D eigenvalue weighted by Crippen LogP contribution is -2.60. The number of rotatable bonds is 8. The Morgan fingerprint density at radius 1 is 1.00 bits per heavy atom. The zero-order chi connectivity index (χ0) is 19.1. The van der Waals surface area contributed by atoms with Gasteiger partial charge in [-0.05, 0) is 44.2 Å². The van der Waals surface area contributed by atoms with E-state index < -0.39 is 5.60 Å². The fourth-order valence-corrected chi connectivity index (χ4v) is 4.40. The first-order valence-electron chi connectivity index (χ1n) is 10.6. The maximum absolute atomic E-state index is 13.0. The zero-order valence-electron chi connectivity index (χ0n) is 16.8. The molecule has 2 aliphatic rings. The third-order valence-corrected chi connectivity index (χ3v) is 5.93. The topological polar surface area (TPSA) is 47.0 Å². The molecule has 0 saturated carbocycles. The van der Waals surface area contributed by atoms with Crippen molar-refractivity contribution in [3.63, 3.8) is 0 Å². The van der Waals surface area contributed by atoms with Gasteiger partial charge in [-0.1, -0.05) is 37.3 Å². The van der Waals surface area contributed by atoms with E-state index in [0.29, 0.717) is 13.0 Å². The first-order chi connectivity index (χ1) is 13.1. The molecule has 27 heavy (non-hydrogen) atoms. The van der Waals surface area contributed by atoms with Gasteiger partial charge in [0.2, 0.25) is 0 Å². The molecule has 2 saturated heterocycles. The Morgan fingerprint density at radius 3 is 2.41 bits per heavy atom. The monoisotopic (exact) mass is 373 g/mol. The number of nitrogens with zero attached hydrogens (tertiary/aromatic N) is 3. The fourth-order valence-electron chi connectivity index (χ4n) is 4.40. The lowest BCUT2D eigenvalue weighted by atomic mass is 9.90. The molecule has 0 spiro atoms. The Kier molecular flexibility index (Phi) is 7.27. The van der Waals surface area contributed by atoms with Gasteiger partial charge in [0, 0.05) is 45.8 Å². The highest BCUT2D eigenvalue weighted by Gasteiger charge is 2.43. The number of likely N-dealkylation sites (tertiary alicyclic amines) is 1. The van der Waals surface area contributed by atoms with Crippen LogP contribution in [0.25, 0.3) is 0 Å². The van der Waals surface area contributed by atoms with E-state index in [2.05, 4.69) is 41.0 Å². The van der Waals surface area contributed by atoms with Gasteiger partial charge in [-0.25, -0.2) is 0 Å². The minimum absolute atomic E-state index is 0.0576. The van der Waals surface area contributed by atoms with Gasteiger partial charge in [-0.15, -0.1) is 0 Å². The summed E-state index contributed by atoms with van der Waals surface area (Å²) < 4.78 is 0. The number of carbonyl (C=O) groups is 1. The van der Waals surface area contributed by atoms with Crippen molar-refractivity contribution in [2.75, 3.05) is 52.4 Å². The predicted octanol–water partition coefficient (Wildman–Crippen LogP) is 2.00. The zero-order valence-corrected chi connectivity index (χ0v) is 16.8. The predicted molar refractivity (Wildman–Crippen MR) is 109 cm³/mol. The molecule has 2 fully saturated rings. The molecule has 1 amide bonds. The summed E-state index contributed by atoms with van der Waals surface area (Å²) in [4.78, 5) is 19.6. The molecule has 1 aromatic carbocycles. The number of piperazine rings is 1. The van der Waals surface area contributed by atoms with Crippen LogP contribution < -0.4 is 0 Å². The largest absolute Gasteiger partial charge is 0.379 e. The van der Waals surface area contributed by atoms with Crippen LogP contribution in [0.4, 0.5) is 0 Å². The minimum Gasteiger partial charge on any atom is -0.379 e. The molecule has 150 valence electrons. The van der Waals surface area contributed by atoms with Gasteiger partial charge < -0.3 is 14.9 Å². The van der Waals surface area contributed by atoms with Crippen molar-refractivity contribution < 1.29 is 9.90 Å². The summed E-state index contributed by atoms with van der Waals surface area (Å²) in [6.45, 7) is 9.33. The molecule has 0 bridgehead atoms. The smallest absolute Gasteiger partial charge is 0.255 e. The van der Waals surface area contributed by atoms with E-state index in [1.54, 1.807) is 0 Å². The van der Waals surface area contributed by atoms with Crippen LogP contribution in [0.3, 0.4) is 0 Å². The number of benzene rings is 1. The highest BCUT2D eigenvalue weighted by molar-refractivity contribution is 5.86. The molecule has 5 heteroatoms. The van der Waals surface area contributed by atoms with Crippen molar-refractivity contribution in [1.29, 1.82) is 0 Å². The number of aliphatic hydroxyl groups is 1. The highest BCUT2D eigenvalue weighted by Crippen LogP contribution is 2.25. The third-order valence-electron chi connectivity index (χ3n) is 5.93. The summed E-state index contributed by atoms with van der Waals surface area (Å²) in [5, 5.41) is 11.1. The van der Waals surface area contributed by atoms with Crippen LogP contribution in [0, 0.1) is 0 Å². The van der Waals surface area contributed by atoms with Gasteiger partial charge in [0.1, 0.15) is 0 Å². The quantitative estimate of drug-likeness (QED) is 0.757. The number of β-amino-alcohol motifs (C(OH)–C–C–N with tert-alkyl or cyclic N) is 1. The summed E-state index contributed by atoms with van der Waals surface area (Å²) in [6.07, 6.45) is 4.59. The summed E-state index contributed by atoms with van der Waals surface area (Å²) in [7, 11) is 0. The average molecular weight is 374 g/mol. The maximum atomic E-state index is 13.0. The number of piperidine rings is 1. The molecule has 5 nitrogen and oxygen atoms in total. The van der Waals surface area contributed by atoms with E-state index in [4.69, 9.17) is 0 Å². The summed E-state index contributed by atoms with van der Waals surface area (Å²) in [6, 6.07) is 10.4. The first-order valence-corrected chi connectivity index (χ1v) is 10.6. The number of hydrogen-bond donors (Lipinski definition) is 1. The van der Waals surface area contributed by atoms with Gasteiger partial charge >= 0.3 is 0 Å². The van der Waals surface area contributed by atoms with E-state index in [-0.39, 0.29) is 5.91 Å². The first kappa shape index (κ1) is 20.3. The number of carbonyl (C=O) groups excluding carboxylic acids is 1. The Morgan fingerprint density at radius 2 is 1.70 bits per heavy atom. The van der Waals surface area contributed by atoms with Gasteiger partial charge in [0.05, 0.1) is 0 Å². The number of hydrogen-bond acceptors (Lipinski definition) is 4. The average Bonchev–Trinajstić information content (AvgIpc) is 2.68. The molecular weight excluding hydrogens is 338 g/mol. The van der Waals surface area contributed by atoms with Gasteiger partial charge in [0.25, 0.3) is 5.91 Å². The van der Waals surface area contributed by atoms with Crippen LogP contribution in [0.15, 0.2) is 30.3 Å². The van der Waals surface area contributed by atoms with Gasteiger partial charge in [-0.3, -0.25) is 9.69 Å². The second kappa shape index (κ2) is 9.67. The van der Waals surface area contributed by atoms with Crippen molar-refractivity contribution >= 4 is 5.91 Å². The molecule has 0 radical (unpaired) electrons. The minimum atomic E-state index is -1.20. The van der Waals surface area contributed by atoms with E-state index in [0.717, 1.165) is 65.1 Å². The number of amides is 1. The lowest BCUT2D eigenvalue weighted by Gasteiger charge is -2.43. The maximum Gasteiger partial charge on any atom is 0.255 e. The summed E-state index contributed by atoms with van der Waals surface area (Å²) in [5.41, 5.74) is 0.111. The van der Waals surface area contributed by atoms with Crippen molar-refractivity contribution in [2.24, 2.45) is 0 Å². The van der Waals surface area contributed by atoms with Crippen molar-refractivity contribution in [3.05, 3.63) is 35.9 Å². The highest BCUT2D eigenvalue weighted by atomic mass is 16.3. The molecule has 2 heterocycles. The second-order valence-electron chi connectivity index (χ2n) is 8.13. The van der Waals surface area contributed by atoms with Crippen LogP contribution in [0.1, 0.15) is 38.2 Å². The normalized spacial score (nSPS) is 25.1. The van der Waals surface area contributed by atoms with Gasteiger partial charge in [0.15, 0.2) is 5.60 Å². The Balaban J connectivity index is 1.48. The van der Waals surface area contributed by atoms with Crippen molar-refractivity contribution in [1.82, 2.24) is 14.7 Å². The molecule has 1 aromatic rings. The molecule has 1 atom stereocenters. The molecule has 0 unspecified atom stereocenters. The van der Waals surface area contributed by atoms with Crippen LogP contribution in [0.2, 0.25) is 0 Å². The Hall–Kier alpha value is -1.43. The summed E-state index contributed by atoms with van der Waals surface area (Å²) in [5.74, 6) is -0.0576. The molecular formula is C22H35N3O2. The van der Waals surface area contributed by atoms with Crippen LogP contribution in [-0.4, -0.2) is 83.7 Å². The Labute approximate surface area is 163 Å². The van der Waals surface area contributed by atoms with Crippen molar-refractivity contribution in [2.45, 2.75) is 44.6 Å². The Bertz CT molecular complexity index is 586. The van der Waals surface area contributed by atoms with E-state index in [1.807, 2.05) is 11.0 Å². The van der Waals surface area contributed by atoms with E-state index in [9.17, 15) is 9.90 Å². The number of aryl methyl sites for hydroxylation is 1. The standard InChI is InChI=1S/C22H35N3O2/c1-2-12-23-15-17-24(18-16-23)19-22(27)11-7-14-25(21(22)26)13-6-10-20-8-4-3-5-9-20/h3-5,8-9,27H,2,6-7,10-19H2,1H3/t22-/m0/s1. The molecule has 0 aromatic heterocycles. The lowest BCUT2D eigenvalue weighted by molar-refractivity contribution is -0.160. The second-order valence-corrected chi connectivity index (χ2v) is 8.13. The van der Waals surface area contributed by atoms with E-state index in [1.165, 1.54) is 12.0 Å². The van der Waals surface area contributed by atoms with E-state index >= 15 is 0 Å². The third kappa shape index (κ3) is 5.53. The van der Waals surface area contributed by atoms with Crippen LogP contribution in [-0.2, 0) is 11.2 Å². The summed E-state index contributed by atoms with van der Waals surface area (Å²) >= 11 is 0. The fraction of sp³-hybridized carbons (Fsp3) is 0.682. The molecule has 0 aliphatic carbocycles. The SMILES string of the molecule is CCCN1CCN(C[C@@]2(O)CCCN(CCCc3ccccc3)C2=O)CC1.